The molecule has 8 heteroatoms. The van der Waals surface area contributed by atoms with E-state index in [9.17, 15) is 8.42 Å². The van der Waals surface area contributed by atoms with Gasteiger partial charge >= 0.3 is 0 Å². The van der Waals surface area contributed by atoms with Gasteiger partial charge in [-0.1, -0.05) is 15.9 Å². The largest absolute Gasteiger partial charge is 0.256 e. The quantitative estimate of drug-likeness (QED) is 0.764. The van der Waals surface area contributed by atoms with E-state index in [4.69, 9.17) is 0 Å². The van der Waals surface area contributed by atoms with E-state index in [1.54, 1.807) is 0 Å². The average Bonchev–Trinajstić information content (AvgIpc) is 2.06. The molecule has 1 aromatic rings. The Morgan fingerprint density at radius 1 is 1.50 bits per heavy atom. The summed E-state index contributed by atoms with van der Waals surface area (Å²) >= 11 is 2.80. The van der Waals surface area contributed by atoms with Crippen LogP contribution in [0, 0.1) is 0 Å². The summed E-state index contributed by atoms with van der Waals surface area (Å²) in [6, 6.07) is 0. The first-order chi connectivity index (χ1) is 5.64. The van der Waals surface area contributed by atoms with Crippen molar-refractivity contribution in [3.8, 4) is 0 Å². The van der Waals surface area contributed by atoms with Crippen molar-refractivity contribution in [2.24, 2.45) is 0 Å². The Hall–Kier alpha value is -0.760. The van der Waals surface area contributed by atoms with E-state index in [1.165, 1.54) is 12.4 Å². The van der Waals surface area contributed by atoms with Crippen LogP contribution in [-0.2, 0) is 10.0 Å². The van der Waals surface area contributed by atoms with E-state index in [-0.39, 0.29) is 10.6 Å². The summed E-state index contributed by atoms with van der Waals surface area (Å²) in [5.74, 6) is -0.0306. The van der Waals surface area contributed by atoms with Gasteiger partial charge in [0.05, 0.1) is 12.4 Å². The third-order valence-electron chi connectivity index (χ3n) is 0.873. The molecule has 0 saturated carbocycles. The second kappa shape index (κ2) is 3.76. The second-order valence-electron chi connectivity index (χ2n) is 1.79. The van der Waals surface area contributed by atoms with Gasteiger partial charge in [-0.3, -0.25) is 0 Å². The molecule has 0 aliphatic heterocycles. The van der Waals surface area contributed by atoms with E-state index in [1.807, 2.05) is 0 Å². The van der Waals surface area contributed by atoms with E-state index in [2.05, 4.69) is 35.8 Å². The molecule has 0 radical (unpaired) electrons. The normalized spacial score (nSPS) is 11.1. The maximum Gasteiger partial charge on any atom is 0.256 e. The molecule has 66 valence electrons. The van der Waals surface area contributed by atoms with Crippen molar-refractivity contribution >= 4 is 31.9 Å². The molecule has 0 aliphatic rings. The van der Waals surface area contributed by atoms with Gasteiger partial charge in [-0.2, -0.15) is 5.10 Å². The molecule has 0 aliphatic carbocycles. The van der Waals surface area contributed by atoms with Crippen molar-refractivity contribution in [3.05, 3.63) is 12.4 Å². The van der Waals surface area contributed by atoms with Crippen LogP contribution in [-0.4, -0.2) is 28.3 Å². The van der Waals surface area contributed by atoms with Crippen molar-refractivity contribution in [2.45, 2.75) is 0 Å². The molecule has 6 nitrogen and oxygen atoms in total. The van der Waals surface area contributed by atoms with Crippen LogP contribution in [0.2, 0.25) is 0 Å². The second-order valence-corrected chi connectivity index (χ2v) is 4.82. The Kier molecular flexibility index (Phi) is 2.93. The number of nitrogens with zero attached hydrogens (tertiary/aromatic N) is 3. The van der Waals surface area contributed by atoms with Gasteiger partial charge < -0.3 is 0 Å². The first-order valence-corrected chi connectivity index (χ1v) is 5.61. The number of halogens is 1. The summed E-state index contributed by atoms with van der Waals surface area (Å²) in [6.07, 6.45) is 2.70. The number of aromatic nitrogens is 3. The lowest BCUT2D eigenvalue weighted by molar-refractivity contribution is 0.605. The Balaban J connectivity index is 2.78. The molecule has 1 rings (SSSR count). The molecule has 0 amide bonds. The van der Waals surface area contributed by atoms with Crippen molar-refractivity contribution in [2.75, 3.05) is 9.38 Å². The minimum absolute atomic E-state index is 0.0306. The summed E-state index contributed by atoms with van der Waals surface area (Å²) in [6.45, 7) is 0. The number of anilines is 1. The molecule has 0 atom stereocenters. The third kappa shape index (κ3) is 2.70. The maximum atomic E-state index is 10.9. The maximum absolute atomic E-state index is 10.9. The minimum atomic E-state index is -3.37. The zero-order chi connectivity index (χ0) is 9.03. The number of nitrogens with one attached hydrogen (secondary N) is 1. The molecule has 0 aromatic carbocycles. The zero-order valence-corrected chi connectivity index (χ0v) is 8.21. The Morgan fingerprint density at radius 3 is 2.75 bits per heavy atom. The fraction of sp³-hybridized carbons (Fsp3) is 0.250. The number of sulfonamides is 1. The number of hydrogen-bond acceptors (Lipinski definition) is 5. The van der Waals surface area contributed by atoms with Crippen LogP contribution in [0.15, 0.2) is 12.4 Å². The summed E-state index contributed by atoms with van der Waals surface area (Å²) in [7, 11) is -3.37. The molecule has 0 fully saturated rings. The monoisotopic (exact) mass is 252 g/mol. The predicted molar refractivity (Wildman–Crippen MR) is 46.2 cm³/mol. The van der Waals surface area contributed by atoms with Gasteiger partial charge in [-0.25, -0.2) is 18.1 Å². The lowest BCUT2D eigenvalue weighted by Crippen LogP contribution is -2.15. The number of alkyl halides is 1. The van der Waals surface area contributed by atoms with Gasteiger partial charge in [0.25, 0.3) is 5.95 Å². The van der Waals surface area contributed by atoms with Crippen LogP contribution in [0.5, 0.6) is 0 Å². The molecule has 0 saturated heterocycles. The standard InChI is InChI=1S/C4H5BrN4O2S/c5-3-12(10,11)9-4-6-1-2-7-8-4/h1-2H,3H2,(H,6,8,9). The fourth-order valence-electron chi connectivity index (χ4n) is 0.461. The molecule has 0 bridgehead atoms. The van der Waals surface area contributed by atoms with Crippen molar-refractivity contribution in [1.29, 1.82) is 0 Å². The van der Waals surface area contributed by atoms with Crippen LogP contribution in [0.25, 0.3) is 0 Å². The van der Waals surface area contributed by atoms with E-state index in [0.717, 1.165) is 0 Å². The summed E-state index contributed by atoms with van der Waals surface area (Å²) < 4.78 is 23.7. The van der Waals surface area contributed by atoms with Crippen LogP contribution < -0.4 is 4.72 Å². The number of hydrogen-bond donors (Lipinski definition) is 1. The van der Waals surface area contributed by atoms with Crippen LogP contribution >= 0.6 is 15.9 Å². The summed E-state index contributed by atoms with van der Waals surface area (Å²) in [4.78, 5) is 3.63. The van der Waals surface area contributed by atoms with Crippen molar-refractivity contribution < 1.29 is 8.42 Å². The predicted octanol–water partition coefficient (Wildman–Crippen LogP) is -0.0343. The van der Waals surface area contributed by atoms with Gasteiger partial charge in [0.15, 0.2) is 0 Å². The Morgan fingerprint density at radius 2 is 2.25 bits per heavy atom. The van der Waals surface area contributed by atoms with Gasteiger partial charge in [0.1, 0.15) is 4.66 Å². The van der Waals surface area contributed by atoms with Gasteiger partial charge in [-0.05, 0) is 0 Å². The molecule has 0 spiro atoms. The topological polar surface area (TPSA) is 84.8 Å². The molecular weight excluding hydrogens is 248 g/mol. The highest BCUT2D eigenvalue weighted by atomic mass is 79.9. The van der Waals surface area contributed by atoms with Gasteiger partial charge in [0.2, 0.25) is 10.0 Å². The SMILES string of the molecule is O=S(=O)(CBr)Nc1nccnn1. The lowest BCUT2D eigenvalue weighted by Gasteiger charge is -2.00. The van der Waals surface area contributed by atoms with Gasteiger partial charge in [0, 0.05) is 0 Å². The minimum Gasteiger partial charge on any atom is -0.249 e. The number of rotatable bonds is 3. The average molecular weight is 253 g/mol. The zero-order valence-electron chi connectivity index (χ0n) is 5.81. The highest BCUT2D eigenvalue weighted by molar-refractivity contribution is 9.10. The van der Waals surface area contributed by atoms with Crippen LogP contribution in [0.1, 0.15) is 0 Å². The third-order valence-corrected chi connectivity index (χ3v) is 3.46. The molecular formula is C4H5BrN4O2S. The van der Waals surface area contributed by atoms with Crippen molar-refractivity contribution in [1.82, 2.24) is 15.2 Å². The smallest absolute Gasteiger partial charge is 0.249 e. The van der Waals surface area contributed by atoms with Gasteiger partial charge in [-0.15, -0.1) is 5.10 Å². The highest BCUT2D eigenvalue weighted by Crippen LogP contribution is 2.00. The first kappa shape index (κ1) is 9.33. The van der Waals surface area contributed by atoms with Crippen LogP contribution in [0.4, 0.5) is 5.95 Å². The molecule has 1 N–H and O–H groups in total. The molecule has 1 heterocycles. The highest BCUT2D eigenvalue weighted by Gasteiger charge is 2.08. The summed E-state index contributed by atoms with van der Waals surface area (Å²) in [5.41, 5.74) is 0. The van der Waals surface area contributed by atoms with E-state index < -0.39 is 10.0 Å². The summed E-state index contributed by atoms with van der Waals surface area (Å²) in [5, 5.41) is 6.89. The molecule has 0 unspecified atom stereocenters. The molecule has 1 aromatic heterocycles. The van der Waals surface area contributed by atoms with Crippen LogP contribution in [0.3, 0.4) is 0 Å². The van der Waals surface area contributed by atoms with Crippen molar-refractivity contribution in [3.63, 3.8) is 0 Å². The molecule has 12 heavy (non-hydrogen) atoms. The fourth-order valence-corrected chi connectivity index (χ4v) is 1.23. The van der Waals surface area contributed by atoms with E-state index >= 15 is 0 Å². The Labute approximate surface area is 77.6 Å². The lowest BCUT2D eigenvalue weighted by atomic mass is 10.9. The van der Waals surface area contributed by atoms with E-state index in [0.29, 0.717) is 0 Å². The Bertz CT molecular complexity index is 339. The first-order valence-electron chi connectivity index (χ1n) is 2.84.